The van der Waals surface area contributed by atoms with E-state index in [1.165, 1.54) is 6.07 Å². The van der Waals surface area contributed by atoms with Crippen LogP contribution in [0.1, 0.15) is 12.8 Å². The van der Waals surface area contributed by atoms with E-state index >= 15 is 0 Å². The fourth-order valence-electron chi connectivity index (χ4n) is 2.39. The zero-order valence-electron chi connectivity index (χ0n) is 11.2. The van der Waals surface area contributed by atoms with Gasteiger partial charge in [0.15, 0.2) is 0 Å². The Morgan fingerprint density at radius 2 is 2.40 bits per heavy atom. The average Bonchev–Trinajstić information content (AvgIpc) is 2.90. The summed E-state index contributed by atoms with van der Waals surface area (Å²) >= 11 is 0. The van der Waals surface area contributed by atoms with Crippen LogP contribution >= 0.6 is 0 Å². The summed E-state index contributed by atoms with van der Waals surface area (Å²) in [6, 6.07) is 3.27. The molecule has 1 fully saturated rings. The van der Waals surface area contributed by atoms with E-state index < -0.39 is 4.92 Å². The Morgan fingerprint density at radius 1 is 1.60 bits per heavy atom. The van der Waals surface area contributed by atoms with Crippen molar-refractivity contribution in [1.82, 2.24) is 10.3 Å². The van der Waals surface area contributed by atoms with Crippen molar-refractivity contribution < 1.29 is 10.0 Å². The van der Waals surface area contributed by atoms with Crippen molar-refractivity contribution in [3.8, 4) is 0 Å². The molecule has 1 unspecified atom stereocenters. The standard InChI is InChI=1S/C12H19N5O3/c13-12-10(17(19)20)3-4-11(15-12)16(6-7-18)8-9-2-1-5-14-9/h3-4,9,14,18H,1-2,5-8H2,(H2,13,15). The molecule has 8 nitrogen and oxygen atoms in total. The lowest BCUT2D eigenvalue weighted by Crippen LogP contribution is -2.39. The number of nitro groups is 1. The number of pyridine rings is 1. The Labute approximate surface area is 116 Å². The number of aromatic nitrogens is 1. The van der Waals surface area contributed by atoms with Gasteiger partial charge >= 0.3 is 5.69 Å². The molecule has 0 aromatic carbocycles. The summed E-state index contributed by atoms with van der Waals surface area (Å²) in [5, 5.41) is 23.3. The van der Waals surface area contributed by atoms with Gasteiger partial charge in [0.2, 0.25) is 5.82 Å². The van der Waals surface area contributed by atoms with E-state index in [1.54, 1.807) is 6.07 Å². The predicted octanol–water partition coefficient (Wildman–Crippen LogP) is 0.123. The van der Waals surface area contributed by atoms with E-state index in [0.29, 0.717) is 24.9 Å². The molecule has 1 aliphatic rings. The second-order valence-electron chi connectivity index (χ2n) is 4.79. The lowest BCUT2D eigenvalue weighted by atomic mass is 10.2. The first-order valence-electron chi connectivity index (χ1n) is 6.62. The number of rotatable bonds is 6. The molecule has 1 atom stereocenters. The molecule has 1 aromatic rings. The van der Waals surface area contributed by atoms with Crippen LogP contribution < -0.4 is 16.0 Å². The molecule has 1 saturated heterocycles. The van der Waals surface area contributed by atoms with Gasteiger partial charge in [-0.3, -0.25) is 10.1 Å². The molecule has 20 heavy (non-hydrogen) atoms. The summed E-state index contributed by atoms with van der Waals surface area (Å²) in [7, 11) is 0. The largest absolute Gasteiger partial charge is 0.395 e. The van der Waals surface area contributed by atoms with Crippen LogP contribution in [0.15, 0.2) is 12.1 Å². The number of aliphatic hydroxyl groups is 1. The van der Waals surface area contributed by atoms with E-state index in [0.717, 1.165) is 19.4 Å². The minimum Gasteiger partial charge on any atom is -0.395 e. The lowest BCUT2D eigenvalue weighted by molar-refractivity contribution is -0.384. The summed E-state index contributed by atoms with van der Waals surface area (Å²) in [6.45, 7) is 2.10. The summed E-state index contributed by atoms with van der Waals surface area (Å²) in [6.07, 6.45) is 2.21. The zero-order valence-corrected chi connectivity index (χ0v) is 11.2. The van der Waals surface area contributed by atoms with Gasteiger partial charge in [-0.2, -0.15) is 0 Å². The summed E-state index contributed by atoms with van der Waals surface area (Å²) in [5.41, 5.74) is 5.41. The number of hydrogen-bond donors (Lipinski definition) is 3. The van der Waals surface area contributed by atoms with Crippen LogP contribution in [0.2, 0.25) is 0 Å². The first-order chi connectivity index (χ1) is 9.61. The maximum absolute atomic E-state index is 10.7. The highest BCUT2D eigenvalue weighted by Gasteiger charge is 2.20. The van der Waals surface area contributed by atoms with E-state index in [4.69, 9.17) is 10.8 Å². The zero-order chi connectivity index (χ0) is 14.5. The van der Waals surface area contributed by atoms with Crippen LogP contribution in [-0.4, -0.2) is 47.3 Å². The molecule has 0 spiro atoms. The lowest BCUT2D eigenvalue weighted by Gasteiger charge is -2.26. The fraction of sp³-hybridized carbons (Fsp3) is 0.583. The Bertz CT molecular complexity index is 476. The second-order valence-corrected chi connectivity index (χ2v) is 4.79. The van der Waals surface area contributed by atoms with E-state index in [-0.39, 0.29) is 18.1 Å². The SMILES string of the molecule is Nc1nc(N(CCO)CC2CCCN2)ccc1[N+](=O)[O-]. The molecule has 8 heteroatoms. The van der Waals surface area contributed by atoms with Crippen LogP contribution in [0.4, 0.5) is 17.3 Å². The topological polar surface area (TPSA) is 118 Å². The number of anilines is 2. The molecule has 0 amide bonds. The maximum Gasteiger partial charge on any atom is 0.311 e. The van der Waals surface area contributed by atoms with Gasteiger partial charge in [-0.25, -0.2) is 4.98 Å². The van der Waals surface area contributed by atoms with E-state index in [2.05, 4.69) is 10.3 Å². The molecule has 0 saturated carbocycles. The number of aliphatic hydroxyl groups excluding tert-OH is 1. The molecular weight excluding hydrogens is 262 g/mol. The normalized spacial score (nSPS) is 18.1. The van der Waals surface area contributed by atoms with Gasteiger partial charge in [-0.15, -0.1) is 0 Å². The van der Waals surface area contributed by atoms with Crippen molar-refractivity contribution in [3.05, 3.63) is 22.2 Å². The number of hydrogen-bond acceptors (Lipinski definition) is 7. The molecule has 0 bridgehead atoms. The Hall–Kier alpha value is -1.93. The van der Waals surface area contributed by atoms with Crippen molar-refractivity contribution in [2.24, 2.45) is 0 Å². The van der Waals surface area contributed by atoms with Crippen molar-refractivity contribution in [2.45, 2.75) is 18.9 Å². The highest BCUT2D eigenvalue weighted by molar-refractivity contribution is 5.58. The van der Waals surface area contributed by atoms with Crippen LogP contribution in [-0.2, 0) is 0 Å². The summed E-state index contributed by atoms with van der Waals surface area (Å²) in [4.78, 5) is 16.1. The third-order valence-electron chi connectivity index (χ3n) is 3.38. The van der Waals surface area contributed by atoms with E-state index in [9.17, 15) is 10.1 Å². The predicted molar refractivity (Wildman–Crippen MR) is 75.6 cm³/mol. The smallest absolute Gasteiger partial charge is 0.311 e. The second kappa shape index (κ2) is 6.49. The number of nitrogens with zero attached hydrogens (tertiary/aromatic N) is 3. The number of nitrogens with one attached hydrogen (secondary N) is 1. The first-order valence-corrected chi connectivity index (χ1v) is 6.62. The molecule has 4 N–H and O–H groups in total. The number of nitrogens with two attached hydrogens (primary N) is 1. The molecule has 2 heterocycles. The van der Waals surface area contributed by atoms with Gasteiger partial charge in [0.1, 0.15) is 5.82 Å². The van der Waals surface area contributed by atoms with Gasteiger partial charge in [0, 0.05) is 25.2 Å². The molecular formula is C12H19N5O3. The van der Waals surface area contributed by atoms with Crippen molar-refractivity contribution >= 4 is 17.3 Å². The van der Waals surface area contributed by atoms with E-state index in [1.807, 2.05) is 4.90 Å². The maximum atomic E-state index is 10.7. The van der Waals surface area contributed by atoms with Crippen LogP contribution in [0.3, 0.4) is 0 Å². The quantitative estimate of drug-likeness (QED) is 0.500. The number of nitrogen functional groups attached to an aromatic ring is 1. The highest BCUT2D eigenvalue weighted by Crippen LogP contribution is 2.23. The van der Waals surface area contributed by atoms with Crippen molar-refractivity contribution in [1.29, 1.82) is 0 Å². The Morgan fingerprint density at radius 3 is 2.95 bits per heavy atom. The Balaban J connectivity index is 2.15. The van der Waals surface area contributed by atoms with Gasteiger partial charge in [0.05, 0.1) is 11.5 Å². The monoisotopic (exact) mass is 281 g/mol. The molecule has 0 aliphatic carbocycles. The van der Waals surface area contributed by atoms with Gasteiger partial charge in [-0.1, -0.05) is 0 Å². The molecule has 1 aromatic heterocycles. The minimum atomic E-state index is -0.555. The van der Waals surface area contributed by atoms with Crippen LogP contribution in [0.5, 0.6) is 0 Å². The summed E-state index contributed by atoms with van der Waals surface area (Å²) in [5.74, 6) is 0.450. The van der Waals surface area contributed by atoms with Gasteiger partial charge in [-0.05, 0) is 25.5 Å². The highest BCUT2D eigenvalue weighted by atomic mass is 16.6. The Kier molecular flexibility index (Phi) is 4.70. The molecule has 0 radical (unpaired) electrons. The van der Waals surface area contributed by atoms with Crippen LogP contribution in [0, 0.1) is 10.1 Å². The van der Waals surface area contributed by atoms with Crippen molar-refractivity contribution in [2.75, 3.05) is 36.9 Å². The molecule has 110 valence electrons. The molecule has 2 rings (SSSR count). The van der Waals surface area contributed by atoms with Gasteiger partial charge in [0.25, 0.3) is 0 Å². The van der Waals surface area contributed by atoms with Crippen molar-refractivity contribution in [3.63, 3.8) is 0 Å². The fourth-order valence-corrected chi connectivity index (χ4v) is 2.39. The average molecular weight is 281 g/mol. The third kappa shape index (κ3) is 3.34. The molecule has 1 aliphatic heterocycles. The third-order valence-corrected chi connectivity index (χ3v) is 3.38. The van der Waals surface area contributed by atoms with Gasteiger partial charge < -0.3 is 21.1 Å². The first kappa shape index (κ1) is 14.5. The minimum absolute atomic E-state index is 0.00864. The van der Waals surface area contributed by atoms with Crippen LogP contribution in [0.25, 0.3) is 0 Å². The summed E-state index contributed by atoms with van der Waals surface area (Å²) < 4.78 is 0.